The zero-order valence-corrected chi connectivity index (χ0v) is 9.37. The molecule has 0 aromatic heterocycles. The number of rotatable bonds is 4. The molecule has 2 atom stereocenters. The summed E-state index contributed by atoms with van der Waals surface area (Å²) < 4.78 is 5.05. The lowest BCUT2D eigenvalue weighted by Gasteiger charge is -2.31. The summed E-state index contributed by atoms with van der Waals surface area (Å²) in [4.78, 5) is 13.9. The van der Waals surface area contributed by atoms with Crippen molar-refractivity contribution in [2.45, 2.75) is 38.3 Å². The fourth-order valence-electron chi connectivity index (χ4n) is 2.56. The third-order valence-corrected chi connectivity index (χ3v) is 3.29. The van der Waals surface area contributed by atoms with Crippen LogP contribution >= 0.6 is 0 Å². The average molecular weight is 212 g/mol. The molecule has 0 aromatic rings. The van der Waals surface area contributed by atoms with Gasteiger partial charge in [-0.05, 0) is 25.9 Å². The molecule has 4 nitrogen and oxygen atoms in total. The zero-order chi connectivity index (χ0) is 10.7. The predicted octanol–water partition coefficient (Wildman–Crippen LogP) is 0.376. The third kappa shape index (κ3) is 2.32. The number of hydrogen-bond acceptors (Lipinski definition) is 4. The number of nitrogens with zero attached hydrogens (tertiary/aromatic N) is 1. The van der Waals surface area contributed by atoms with Crippen molar-refractivity contribution in [3.05, 3.63) is 0 Å². The molecule has 0 aromatic carbocycles. The fraction of sp³-hybridized carbons (Fsp3) is 0.909. The topological polar surface area (TPSA) is 41.6 Å². The van der Waals surface area contributed by atoms with Gasteiger partial charge in [0.1, 0.15) is 6.04 Å². The Morgan fingerprint density at radius 2 is 2.40 bits per heavy atom. The van der Waals surface area contributed by atoms with Crippen LogP contribution < -0.4 is 5.32 Å². The fourth-order valence-corrected chi connectivity index (χ4v) is 2.56. The summed E-state index contributed by atoms with van der Waals surface area (Å²) >= 11 is 0. The van der Waals surface area contributed by atoms with E-state index < -0.39 is 0 Å². The van der Waals surface area contributed by atoms with E-state index in [-0.39, 0.29) is 12.0 Å². The van der Waals surface area contributed by atoms with Gasteiger partial charge in [-0.1, -0.05) is 6.92 Å². The SMILES string of the molecule is CCCN(C1CCNC1)C1CCOC1=O. The Kier molecular flexibility index (Phi) is 3.59. The molecule has 0 spiro atoms. The highest BCUT2D eigenvalue weighted by molar-refractivity contribution is 5.77. The van der Waals surface area contributed by atoms with Crippen LogP contribution in [0.4, 0.5) is 0 Å². The monoisotopic (exact) mass is 212 g/mol. The maximum Gasteiger partial charge on any atom is 0.323 e. The van der Waals surface area contributed by atoms with E-state index >= 15 is 0 Å². The average Bonchev–Trinajstić information content (AvgIpc) is 2.85. The van der Waals surface area contributed by atoms with Gasteiger partial charge in [0.05, 0.1) is 6.61 Å². The van der Waals surface area contributed by atoms with Crippen molar-refractivity contribution in [1.82, 2.24) is 10.2 Å². The molecule has 2 rings (SSSR count). The summed E-state index contributed by atoms with van der Waals surface area (Å²) in [6, 6.07) is 0.551. The quantitative estimate of drug-likeness (QED) is 0.684. The molecule has 0 aliphatic carbocycles. The van der Waals surface area contributed by atoms with Gasteiger partial charge in [0.15, 0.2) is 0 Å². The Morgan fingerprint density at radius 3 is 2.93 bits per heavy atom. The molecule has 2 aliphatic rings. The van der Waals surface area contributed by atoms with Gasteiger partial charge in [0.25, 0.3) is 0 Å². The van der Waals surface area contributed by atoms with E-state index in [0.717, 1.165) is 38.9 Å². The van der Waals surface area contributed by atoms with E-state index in [1.165, 1.54) is 0 Å². The molecule has 0 saturated carbocycles. The van der Waals surface area contributed by atoms with Crippen molar-refractivity contribution >= 4 is 5.97 Å². The summed E-state index contributed by atoms with van der Waals surface area (Å²) in [5.41, 5.74) is 0. The number of cyclic esters (lactones) is 1. The van der Waals surface area contributed by atoms with Crippen molar-refractivity contribution in [2.75, 3.05) is 26.2 Å². The summed E-state index contributed by atoms with van der Waals surface area (Å²) in [5, 5.41) is 3.36. The first kappa shape index (κ1) is 10.9. The Labute approximate surface area is 91.0 Å². The second-order valence-corrected chi connectivity index (χ2v) is 4.36. The summed E-state index contributed by atoms with van der Waals surface area (Å²) in [6.45, 7) is 5.86. The Hall–Kier alpha value is -0.610. The molecule has 2 unspecified atom stereocenters. The Balaban J connectivity index is 2.00. The molecule has 4 heteroatoms. The molecular formula is C11H20N2O2. The zero-order valence-electron chi connectivity index (χ0n) is 9.37. The van der Waals surface area contributed by atoms with Crippen LogP contribution in [-0.4, -0.2) is 49.2 Å². The number of nitrogens with one attached hydrogen (secondary N) is 1. The standard InChI is InChI=1S/C11H20N2O2/c1-2-6-13(9-3-5-12-8-9)10-4-7-15-11(10)14/h9-10,12H,2-8H2,1H3. The van der Waals surface area contributed by atoms with Gasteiger partial charge >= 0.3 is 5.97 Å². The number of hydrogen-bond donors (Lipinski definition) is 1. The van der Waals surface area contributed by atoms with Crippen LogP contribution in [0.15, 0.2) is 0 Å². The molecule has 2 fully saturated rings. The third-order valence-electron chi connectivity index (χ3n) is 3.29. The maximum atomic E-state index is 11.6. The minimum Gasteiger partial charge on any atom is -0.464 e. The van der Waals surface area contributed by atoms with E-state index in [4.69, 9.17) is 4.74 Å². The molecule has 15 heavy (non-hydrogen) atoms. The largest absolute Gasteiger partial charge is 0.464 e. The van der Waals surface area contributed by atoms with E-state index in [1.807, 2.05) is 0 Å². The normalized spacial score (nSPS) is 31.2. The minimum atomic E-state index is -0.0182. The highest BCUT2D eigenvalue weighted by Crippen LogP contribution is 2.20. The molecule has 0 radical (unpaired) electrons. The Bertz CT molecular complexity index is 227. The number of esters is 1. The van der Waals surface area contributed by atoms with Crippen molar-refractivity contribution in [3.63, 3.8) is 0 Å². The predicted molar refractivity (Wildman–Crippen MR) is 57.6 cm³/mol. The van der Waals surface area contributed by atoms with Crippen molar-refractivity contribution < 1.29 is 9.53 Å². The summed E-state index contributed by atoms with van der Waals surface area (Å²) in [6.07, 6.45) is 3.12. The molecule has 0 amide bonds. The van der Waals surface area contributed by atoms with Crippen LogP contribution in [0.5, 0.6) is 0 Å². The summed E-state index contributed by atoms with van der Waals surface area (Å²) in [5.74, 6) is -0.0182. The molecule has 2 saturated heterocycles. The first-order chi connectivity index (χ1) is 7.33. The van der Waals surface area contributed by atoms with E-state index in [2.05, 4.69) is 17.1 Å². The van der Waals surface area contributed by atoms with Crippen LogP contribution in [0.2, 0.25) is 0 Å². The first-order valence-corrected chi connectivity index (χ1v) is 5.96. The van der Waals surface area contributed by atoms with E-state index in [9.17, 15) is 4.79 Å². The molecule has 1 N–H and O–H groups in total. The van der Waals surface area contributed by atoms with Crippen molar-refractivity contribution in [3.8, 4) is 0 Å². The van der Waals surface area contributed by atoms with Gasteiger partial charge < -0.3 is 10.1 Å². The number of carbonyl (C=O) groups is 1. The lowest BCUT2D eigenvalue weighted by atomic mass is 10.1. The highest BCUT2D eigenvalue weighted by atomic mass is 16.5. The van der Waals surface area contributed by atoms with Gasteiger partial charge in [-0.25, -0.2) is 0 Å². The smallest absolute Gasteiger partial charge is 0.323 e. The van der Waals surface area contributed by atoms with E-state index in [0.29, 0.717) is 12.6 Å². The molecular weight excluding hydrogens is 192 g/mol. The number of ether oxygens (including phenoxy) is 1. The molecule has 86 valence electrons. The lowest BCUT2D eigenvalue weighted by molar-refractivity contribution is -0.143. The minimum absolute atomic E-state index is 0.0182. The first-order valence-electron chi connectivity index (χ1n) is 5.96. The summed E-state index contributed by atoms with van der Waals surface area (Å²) in [7, 11) is 0. The van der Waals surface area contributed by atoms with Gasteiger partial charge in [-0.15, -0.1) is 0 Å². The van der Waals surface area contributed by atoms with Crippen LogP contribution in [0, 0.1) is 0 Å². The van der Waals surface area contributed by atoms with Gasteiger partial charge in [0, 0.05) is 19.0 Å². The van der Waals surface area contributed by atoms with Crippen LogP contribution in [-0.2, 0) is 9.53 Å². The molecule has 2 heterocycles. The number of carbonyl (C=O) groups excluding carboxylic acids is 1. The highest BCUT2D eigenvalue weighted by Gasteiger charge is 2.36. The molecule has 0 bridgehead atoms. The van der Waals surface area contributed by atoms with Gasteiger partial charge in [0.2, 0.25) is 0 Å². The maximum absolute atomic E-state index is 11.6. The van der Waals surface area contributed by atoms with Gasteiger partial charge in [-0.2, -0.15) is 0 Å². The second kappa shape index (κ2) is 4.94. The van der Waals surface area contributed by atoms with Crippen LogP contribution in [0.1, 0.15) is 26.2 Å². The second-order valence-electron chi connectivity index (χ2n) is 4.36. The van der Waals surface area contributed by atoms with Gasteiger partial charge in [-0.3, -0.25) is 9.69 Å². The van der Waals surface area contributed by atoms with E-state index in [1.54, 1.807) is 0 Å². The van der Waals surface area contributed by atoms with Crippen LogP contribution in [0.3, 0.4) is 0 Å². The van der Waals surface area contributed by atoms with Crippen molar-refractivity contribution in [2.24, 2.45) is 0 Å². The lowest BCUT2D eigenvalue weighted by Crippen LogP contribution is -2.46. The van der Waals surface area contributed by atoms with Crippen molar-refractivity contribution in [1.29, 1.82) is 0 Å². The van der Waals surface area contributed by atoms with Crippen LogP contribution in [0.25, 0.3) is 0 Å². The Morgan fingerprint density at radius 1 is 1.53 bits per heavy atom. The molecule has 2 aliphatic heterocycles.